The molecule has 1 aromatic rings. The molecule has 0 aliphatic carbocycles. The molecule has 118 valence electrons. The van der Waals surface area contributed by atoms with Crippen molar-refractivity contribution in [3.05, 3.63) is 21.4 Å². The molecule has 0 aliphatic rings. The molecule has 0 saturated carbocycles. The highest BCUT2D eigenvalue weighted by atomic mass is 32.1. The molecular formula is C16H25NO3S. The van der Waals surface area contributed by atoms with Crippen molar-refractivity contribution in [2.45, 2.75) is 66.0 Å². The highest BCUT2D eigenvalue weighted by Crippen LogP contribution is 2.24. The molecule has 1 heterocycles. The van der Waals surface area contributed by atoms with Crippen molar-refractivity contribution >= 4 is 23.2 Å². The van der Waals surface area contributed by atoms with Gasteiger partial charge in [0.25, 0.3) is 5.91 Å². The number of aryl methyl sites for hydroxylation is 2. The molecule has 21 heavy (non-hydrogen) atoms. The fraction of sp³-hybridized carbons (Fsp3) is 0.625. The highest BCUT2D eigenvalue weighted by molar-refractivity contribution is 7.14. The van der Waals surface area contributed by atoms with Crippen LogP contribution in [0.3, 0.4) is 0 Å². The van der Waals surface area contributed by atoms with E-state index in [4.69, 9.17) is 4.74 Å². The van der Waals surface area contributed by atoms with Crippen LogP contribution in [0.15, 0.2) is 6.07 Å². The monoisotopic (exact) mass is 311 g/mol. The van der Waals surface area contributed by atoms with E-state index < -0.39 is 12.1 Å². The number of amides is 1. The van der Waals surface area contributed by atoms with Gasteiger partial charge in [0.1, 0.15) is 4.88 Å². The van der Waals surface area contributed by atoms with Gasteiger partial charge in [-0.05, 0) is 52.7 Å². The van der Waals surface area contributed by atoms with E-state index in [9.17, 15) is 9.59 Å². The maximum absolute atomic E-state index is 12.1. The molecule has 0 spiro atoms. The van der Waals surface area contributed by atoms with E-state index in [2.05, 4.69) is 12.2 Å². The van der Waals surface area contributed by atoms with Crippen LogP contribution in [0.4, 0.5) is 0 Å². The summed E-state index contributed by atoms with van der Waals surface area (Å²) in [7, 11) is 0. The molecule has 1 amide bonds. The average Bonchev–Trinajstić information content (AvgIpc) is 2.69. The normalized spacial score (nSPS) is 12.9. The Morgan fingerprint density at radius 3 is 2.52 bits per heavy atom. The van der Waals surface area contributed by atoms with E-state index >= 15 is 0 Å². The number of hydrogen-bond donors (Lipinski definition) is 1. The van der Waals surface area contributed by atoms with E-state index in [-0.39, 0.29) is 11.4 Å². The number of carbonyl (C=O) groups excluding carboxylic acids is 2. The molecule has 0 unspecified atom stereocenters. The highest BCUT2D eigenvalue weighted by Gasteiger charge is 2.23. The van der Waals surface area contributed by atoms with E-state index in [1.807, 2.05) is 33.8 Å². The zero-order valence-corrected chi connectivity index (χ0v) is 14.5. The minimum Gasteiger partial charge on any atom is -0.448 e. The van der Waals surface area contributed by atoms with Crippen LogP contribution in [0.2, 0.25) is 0 Å². The number of thiophene rings is 1. The zero-order chi connectivity index (χ0) is 16.2. The number of carbonyl (C=O) groups is 2. The summed E-state index contributed by atoms with van der Waals surface area (Å²) in [4.78, 5) is 25.7. The summed E-state index contributed by atoms with van der Waals surface area (Å²) < 4.78 is 5.25. The van der Waals surface area contributed by atoms with Gasteiger partial charge in [-0.2, -0.15) is 0 Å². The van der Waals surface area contributed by atoms with Crippen molar-refractivity contribution < 1.29 is 14.3 Å². The van der Waals surface area contributed by atoms with Crippen LogP contribution in [0.25, 0.3) is 0 Å². The third kappa shape index (κ3) is 5.50. The second-order valence-electron chi connectivity index (χ2n) is 6.23. The van der Waals surface area contributed by atoms with Crippen molar-refractivity contribution in [3.63, 3.8) is 0 Å². The van der Waals surface area contributed by atoms with Crippen LogP contribution in [0.5, 0.6) is 0 Å². The van der Waals surface area contributed by atoms with Gasteiger partial charge >= 0.3 is 5.97 Å². The van der Waals surface area contributed by atoms with Crippen LogP contribution in [-0.4, -0.2) is 23.5 Å². The molecule has 5 heteroatoms. The summed E-state index contributed by atoms with van der Waals surface area (Å²) in [6, 6.07) is 1.88. The third-order valence-corrected chi connectivity index (χ3v) is 3.97. The van der Waals surface area contributed by atoms with E-state index in [1.165, 1.54) is 16.9 Å². The lowest BCUT2D eigenvalue weighted by Gasteiger charge is -2.23. The van der Waals surface area contributed by atoms with Crippen molar-refractivity contribution in [2.24, 2.45) is 0 Å². The Kier molecular flexibility index (Phi) is 5.96. The van der Waals surface area contributed by atoms with Gasteiger partial charge in [-0.1, -0.05) is 13.3 Å². The van der Waals surface area contributed by atoms with Crippen LogP contribution in [-0.2, 0) is 16.0 Å². The molecule has 4 nitrogen and oxygen atoms in total. The molecule has 0 aliphatic heterocycles. The number of esters is 1. The summed E-state index contributed by atoms with van der Waals surface area (Å²) >= 11 is 1.42. The number of ether oxygens (including phenoxy) is 1. The Morgan fingerprint density at radius 2 is 2.00 bits per heavy atom. The Hall–Kier alpha value is -1.36. The maximum Gasteiger partial charge on any atom is 0.349 e. The van der Waals surface area contributed by atoms with Gasteiger partial charge in [0.15, 0.2) is 6.10 Å². The van der Waals surface area contributed by atoms with Gasteiger partial charge in [0.2, 0.25) is 0 Å². The first-order valence-corrected chi connectivity index (χ1v) is 8.08. The summed E-state index contributed by atoms with van der Waals surface area (Å²) in [5.41, 5.74) is 0.840. The van der Waals surface area contributed by atoms with E-state index in [0.717, 1.165) is 17.7 Å². The molecule has 0 aromatic carbocycles. The average molecular weight is 311 g/mol. The Balaban J connectivity index is 2.68. The lowest BCUT2D eigenvalue weighted by atomic mass is 10.1. The zero-order valence-electron chi connectivity index (χ0n) is 13.7. The Labute approximate surface area is 130 Å². The second-order valence-corrected chi connectivity index (χ2v) is 7.49. The molecule has 1 aromatic heterocycles. The van der Waals surface area contributed by atoms with E-state index in [1.54, 1.807) is 6.92 Å². The largest absolute Gasteiger partial charge is 0.448 e. The van der Waals surface area contributed by atoms with Crippen LogP contribution in [0, 0.1) is 6.92 Å². The molecule has 0 bridgehead atoms. The van der Waals surface area contributed by atoms with Crippen LogP contribution in [0.1, 0.15) is 61.2 Å². The standard InChI is InChI=1S/C16H25NO3S/c1-7-8-12-9-13(21-11(12)3)15(19)20-10(2)14(18)17-16(4,5)6/h9-10H,7-8H2,1-6H3,(H,17,18)/t10-/m0/s1. The lowest BCUT2D eigenvalue weighted by Crippen LogP contribution is -2.46. The first-order valence-electron chi connectivity index (χ1n) is 7.26. The number of nitrogens with one attached hydrogen (secondary N) is 1. The van der Waals surface area contributed by atoms with Gasteiger partial charge in [-0.25, -0.2) is 4.79 Å². The van der Waals surface area contributed by atoms with Gasteiger partial charge in [-0.3, -0.25) is 4.79 Å². The smallest absolute Gasteiger partial charge is 0.349 e. The molecule has 0 radical (unpaired) electrons. The van der Waals surface area contributed by atoms with Crippen molar-refractivity contribution in [1.29, 1.82) is 0 Å². The summed E-state index contributed by atoms with van der Waals surface area (Å²) in [5.74, 6) is -0.708. The van der Waals surface area contributed by atoms with E-state index in [0.29, 0.717) is 4.88 Å². The minimum absolute atomic E-state index is 0.280. The van der Waals surface area contributed by atoms with Crippen molar-refractivity contribution in [2.75, 3.05) is 0 Å². The quantitative estimate of drug-likeness (QED) is 0.847. The molecule has 0 fully saturated rings. The topological polar surface area (TPSA) is 55.4 Å². The molecule has 1 rings (SSSR count). The van der Waals surface area contributed by atoms with Crippen LogP contribution >= 0.6 is 11.3 Å². The van der Waals surface area contributed by atoms with Crippen molar-refractivity contribution in [3.8, 4) is 0 Å². The van der Waals surface area contributed by atoms with Crippen molar-refractivity contribution in [1.82, 2.24) is 5.32 Å². The van der Waals surface area contributed by atoms with Gasteiger partial charge in [-0.15, -0.1) is 11.3 Å². The van der Waals surface area contributed by atoms with Gasteiger partial charge in [0, 0.05) is 10.4 Å². The number of rotatable bonds is 5. The second kappa shape index (κ2) is 7.07. The minimum atomic E-state index is -0.797. The summed E-state index contributed by atoms with van der Waals surface area (Å²) in [5, 5.41) is 2.80. The lowest BCUT2D eigenvalue weighted by molar-refractivity contribution is -0.130. The Morgan fingerprint density at radius 1 is 1.38 bits per heavy atom. The first-order chi connectivity index (χ1) is 9.64. The molecule has 1 N–H and O–H groups in total. The summed E-state index contributed by atoms with van der Waals surface area (Å²) in [6.45, 7) is 11.4. The summed E-state index contributed by atoms with van der Waals surface area (Å²) in [6.07, 6.45) is 1.19. The first kappa shape index (κ1) is 17.7. The number of hydrogen-bond acceptors (Lipinski definition) is 4. The predicted molar refractivity (Wildman–Crippen MR) is 85.8 cm³/mol. The predicted octanol–water partition coefficient (Wildman–Crippen LogP) is 3.47. The fourth-order valence-electron chi connectivity index (χ4n) is 1.88. The fourth-order valence-corrected chi connectivity index (χ4v) is 2.84. The van der Waals surface area contributed by atoms with Gasteiger partial charge < -0.3 is 10.1 Å². The molecule has 0 saturated heterocycles. The molecular weight excluding hydrogens is 286 g/mol. The third-order valence-electron chi connectivity index (χ3n) is 2.89. The van der Waals surface area contributed by atoms with Crippen LogP contribution < -0.4 is 5.32 Å². The molecule has 1 atom stereocenters. The Bertz CT molecular complexity index is 514. The van der Waals surface area contributed by atoms with Gasteiger partial charge in [0.05, 0.1) is 0 Å². The SMILES string of the molecule is CCCc1cc(C(=O)O[C@@H](C)C(=O)NC(C)(C)C)sc1C. The maximum atomic E-state index is 12.1.